The summed E-state index contributed by atoms with van der Waals surface area (Å²) in [4.78, 5) is 18.1. The Balaban J connectivity index is 1.73. The van der Waals surface area contributed by atoms with Gasteiger partial charge in [-0.15, -0.1) is 0 Å². The predicted molar refractivity (Wildman–Crippen MR) is 88.5 cm³/mol. The number of rotatable bonds is 2. The van der Waals surface area contributed by atoms with Gasteiger partial charge in [0.25, 0.3) is 0 Å². The number of nitrogens with one attached hydrogen (secondary N) is 1. The van der Waals surface area contributed by atoms with Crippen molar-refractivity contribution in [2.24, 2.45) is 0 Å². The van der Waals surface area contributed by atoms with Gasteiger partial charge in [0, 0.05) is 35.9 Å². The van der Waals surface area contributed by atoms with Crippen molar-refractivity contribution in [3.8, 4) is 0 Å². The molecule has 2 aromatic rings. The van der Waals surface area contributed by atoms with Gasteiger partial charge in [0.05, 0.1) is 5.52 Å². The summed E-state index contributed by atoms with van der Waals surface area (Å²) >= 11 is 3.48. The molecule has 0 spiro atoms. The minimum absolute atomic E-state index is 0.0582. The van der Waals surface area contributed by atoms with Crippen LogP contribution < -0.4 is 10.2 Å². The van der Waals surface area contributed by atoms with E-state index in [9.17, 15) is 4.79 Å². The van der Waals surface area contributed by atoms with Crippen LogP contribution >= 0.6 is 15.9 Å². The molecular weight excluding hydrogens is 330 g/mol. The third kappa shape index (κ3) is 3.35. The average Bonchev–Trinajstić information content (AvgIpc) is 2.47. The molecule has 0 radical (unpaired) electrons. The SMILES string of the molecule is CC(=O)NC1CCN(c2ccc3cc(Br)ccc3n2)CC1. The molecule has 21 heavy (non-hydrogen) atoms. The van der Waals surface area contributed by atoms with Crippen LogP contribution in [0.15, 0.2) is 34.8 Å². The number of fused-ring (bicyclic) bond motifs is 1. The highest BCUT2D eigenvalue weighted by Gasteiger charge is 2.20. The average molecular weight is 348 g/mol. The molecule has 2 heterocycles. The number of halogens is 1. The first-order valence-electron chi connectivity index (χ1n) is 7.20. The third-order valence-electron chi connectivity index (χ3n) is 3.86. The number of hydrogen-bond acceptors (Lipinski definition) is 3. The van der Waals surface area contributed by atoms with Gasteiger partial charge in [-0.25, -0.2) is 4.98 Å². The minimum atomic E-state index is 0.0582. The van der Waals surface area contributed by atoms with Gasteiger partial charge in [-0.05, 0) is 43.2 Å². The van der Waals surface area contributed by atoms with E-state index < -0.39 is 0 Å². The van der Waals surface area contributed by atoms with Gasteiger partial charge in [-0.1, -0.05) is 15.9 Å². The molecule has 1 saturated heterocycles. The molecule has 1 aliphatic heterocycles. The van der Waals surface area contributed by atoms with E-state index in [1.165, 1.54) is 0 Å². The summed E-state index contributed by atoms with van der Waals surface area (Å²) in [5.41, 5.74) is 1.01. The van der Waals surface area contributed by atoms with Crippen LogP contribution in [-0.2, 0) is 4.79 Å². The monoisotopic (exact) mass is 347 g/mol. The number of carbonyl (C=O) groups excluding carboxylic acids is 1. The second kappa shape index (κ2) is 6.02. The second-order valence-electron chi connectivity index (χ2n) is 5.47. The van der Waals surface area contributed by atoms with Crippen LogP contribution in [0.2, 0.25) is 0 Å². The van der Waals surface area contributed by atoms with Crippen molar-refractivity contribution in [1.29, 1.82) is 0 Å². The predicted octanol–water partition coefficient (Wildman–Crippen LogP) is 3.10. The van der Waals surface area contributed by atoms with Crippen LogP contribution in [-0.4, -0.2) is 30.0 Å². The summed E-state index contributed by atoms with van der Waals surface area (Å²) in [6.45, 7) is 3.44. The summed E-state index contributed by atoms with van der Waals surface area (Å²) in [5.74, 6) is 1.08. The Morgan fingerprint density at radius 3 is 2.76 bits per heavy atom. The molecule has 0 unspecified atom stereocenters. The van der Waals surface area contributed by atoms with E-state index in [0.717, 1.165) is 47.1 Å². The standard InChI is InChI=1S/C16H18BrN3O/c1-11(21)18-14-6-8-20(9-7-14)16-5-2-12-10-13(17)3-4-15(12)19-16/h2-5,10,14H,6-9H2,1H3,(H,18,21). The lowest BCUT2D eigenvalue weighted by atomic mass is 10.0. The summed E-state index contributed by atoms with van der Waals surface area (Å²) in [6.07, 6.45) is 1.94. The fraction of sp³-hybridized carbons (Fsp3) is 0.375. The topological polar surface area (TPSA) is 45.2 Å². The molecule has 4 nitrogen and oxygen atoms in total. The maximum absolute atomic E-state index is 11.1. The van der Waals surface area contributed by atoms with Crippen LogP contribution in [0.3, 0.4) is 0 Å². The van der Waals surface area contributed by atoms with Crippen molar-refractivity contribution in [2.45, 2.75) is 25.8 Å². The van der Waals surface area contributed by atoms with Gasteiger partial charge < -0.3 is 10.2 Å². The minimum Gasteiger partial charge on any atom is -0.356 e. The van der Waals surface area contributed by atoms with E-state index in [-0.39, 0.29) is 5.91 Å². The van der Waals surface area contributed by atoms with Gasteiger partial charge in [0.1, 0.15) is 5.82 Å². The van der Waals surface area contributed by atoms with Gasteiger partial charge in [0.15, 0.2) is 0 Å². The van der Waals surface area contributed by atoms with Crippen LogP contribution in [0, 0.1) is 0 Å². The van der Waals surface area contributed by atoms with Crippen molar-refractivity contribution in [1.82, 2.24) is 10.3 Å². The first kappa shape index (κ1) is 14.3. The summed E-state index contributed by atoms with van der Waals surface area (Å²) < 4.78 is 1.07. The number of hydrogen-bond donors (Lipinski definition) is 1. The zero-order valence-corrected chi connectivity index (χ0v) is 13.6. The van der Waals surface area contributed by atoms with E-state index in [1.54, 1.807) is 6.92 Å². The zero-order chi connectivity index (χ0) is 14.8. The highest BCUT2D eigenvalue weighted by molar-refractivity contribution is 9.10. The van der Waals surface area contributed by atoms with Crippen LogP contribution in [0.25, 0.3) is 10.9 Å². The van der Waals surface area contributed by atoms with Crippen molar-refractivity contribution in [2.75, 3.05) is 18.0 Å². The number of benzene rings is 1. The Morgan fingerprint density at radius 2 is 2.05 bits per heavy atom. The lowest BCUT2D eigenvalue weighted by Gasteiger charge is -2.33. The number of aromatic nitrogens is 1. The second-order valence-corrected chi connectivity index (χ2v) is 6.38. The number of piperidine rings is 1. The van der Waals surface area contributed by atoms with Crippen LogP contribution in [0.5, 0.6) is 0 Å². The molecule has 5 heteroatoms. The quantitative estimate of drug-likeness (QED) is 0.907. The lowest BCUT2D eigenvalue weighted by molar-refractivity contribution is -0.119. The van der Waals surface area contributed by atoms with Gasteiger partial charge >= 0.3 is 0 Å². The van der Waals surface area contributed by atoms with Gasteiger partial charge in [-0.3, -0.25) is 4.79 Å². The molecule has 110 valence electrons. The highest BCUT2D eigenvalue weighted by atomic mass is 79.9. The number of pyridine rings is 1. The number of carbonyl (C=O) groups is 1. The molecular formula is C16H18BrN3O. The Kier molecular flexibility index (Phi) is 4.10. The van der Waals surface area contributed by atoms with Crippen molar-refractivity contribution in [3.05, 3.63) is 34.8 Å². The smallest absolute Gasteiger partial charge is 0.217 e. The fourth-order valence-corrected chi connectivity index (χ4v) is 3.18. The Morgan fingerprint density at radius 1 is 1.29 bits per heavy atom. The highest BCUT2D eigenvalue weighted by Crippen LogP contribution is 2.23. The van der Waals surface area contributed by atoms with Crippen LogP contribution in [0.4, 0.5) is 5.82 Å². The van der Waals surface area contributed by atoms with Crippen molar-refractivity contribution >= 4 is 38.6 Å². The molecule has 0 aliphatic carbocycles. The molecule has 1 aromatic carbocycles. The molecule has 0 saturated carbocycles. The molecule has 1 N–H and O–H groups in total. The van der Waals surface area contributed by atoms with Gasteiger partial charge in [-0.2, -0.15) is 0 Å². The fourth-order valence-electron chi connectivity index (χ4n) is 2.80. The zero-order valence-electron chi connectivity index (χ0n) is 12.0. The van der Waals surface area contributed by atoms with Crippen molar-refractivity contribution < 1.29 is 4.79 Å². The first-order valence-corrected chi connectivity index (χ1v) is 7.99. The van der Waals surface area contributed by atoms with E-state index in [0.29, 0.717) is 6.04 Å². The molecule has 0 atom stereocenters. The Labute approximate surface area is 132 Å². The molecule has 1 aliphatic rings. The number of nitrogens with zero attached hydrogens (tertiary/aromatic N) is 2. The van der Waals surface area contributed by atoms with Gasteiger partial charge in [0.2, 0.25) is 5.91 Å². The lowest BCUT2D eigenvalue weighted by Crippen LogP contribution is -2.44. The third-order valence-corrected chi connectivity index (χ3v) is 4.36. The van der Waals surface area contributed by atoms with Crippen LogP contribution in [0.1, 0.15) is 19.8 Å². The van der Waals surface area contributed by atoms with E-state index >= 15 is 0 Å². The largest absolute Gasteiger partial charge is 0.356 e. The number of amides is 1. The normalized spacial score (nSPS) is 16.2. The Bertz CT molecular complexity index is 666. The van der Waals surface area contributed by atoms with E-state index in [2.05, 4.69) is 44.3 Å². The first-order chi connectivity index (χ1) is 10.1. The van der Waals surface area contributed by atoms with E-state index in [4.69, 9.17) is 4.98 Å². The molecule has 1 amide bonds. The maximum atomic E-state index is 11.1. The molecule has 1 fully saturated rings. The number of anilines is 1. The summed E-state index contributed by atoms with van der Waals surface area (Å²) in [5, 5.41) is 4.14. The Hall–Kier alpha value is -1.62. The van der Waals surface area contributed by atoms with E-state index in [1.807, 2.05) is 12.1 Å². The summed E-state index contributed by atoms with van der Waals surface area (Å²) in [6, 6.07) is 10.6. The maximum Gasteiger partial charge on any atom is 0.217 e. The molecule has 3 rings (SSSR count). The molecule has 0 bridgehead atoms. The molecule has 1 aromatic heterocycles. The van der Waals surface area contributed by atoms with Crippen molar-refractivity contribution in [3.63, 3.8) is 0 Å². The summed E-state index contributed by atoms with van der Waals surface area (Å²) in [7, 11) is 0.